The molecule has 4 rings (SSSR count). The van der Waals surface area contributed by atoms with Crippen molar-refractivity contribution in [2.24, 2.45) is 5.41 Å². The van der Waals surface area contributed by atoms with Crippen LogP contribution in [0.25, 0.3) is 11.3 Å². The Labute approximate surface area is 204 Å². The minimum atomic E-state index is -0.0363. The van der Waals surface area contributed by atoms with E-state index in [4.69, 9.17) is 9.72 Å². The zero-order chi connectivity index (χ0) is 23.7. The predicted octanol–water partition coefficient (Wildman–Crippen LogP) is 5.96. The van der Waals surface area contributed by atoms with Gasteiger partial charge < -0.3 is 9.84 Å². The molecular formula is C28H40N2O2S. The van der Waals surface area contributed by atoms with E-state index in [0.29, 0.717) is 0 Å². The van der Waals surface area contributed by atoms with Crippen LogP contribution in [0.15, 0.2) is 36.5 Å². The second-order valence-electron chi connectivity index (χ2n) is 11.6. The molecule has 0 aliphatic carbocycles. The number of aliphatic hydroxyl groups is 1. The van der Waals surface area contributed by atoms with Gasteiger partial charge in [0.05, 0.1) is 5.69 Å². The van der Waals surface area contributed by atoms with Gasteiger partial charge in [-0.2, -0.15) is 11.8 Å². The molecule has 180 valence electrons. The van der Waals surface area contributed by atoms with Gasteiger partial charge in [-0.25, -0.2) is 0 Å². The quantitative estimate of drug-likeness (QED) is 0.567. The first-order valence-electron chi connectivity index (χ1n) is 12.3. The first kappa shape index (κ1) is 24.6. The topological polar surface area (TPSA) is 45.6 Å². The van der Waals surface area contributed by atoms with E-state index in [2.05, 4.69) is 69.9 Å². The Kier molecular flexibility index (Phi) is 7.14. The average Bonchev–Trinajstić information content (AvgIpc) is 2.79. The number of rotatable bonds is 6. The van der Waals surface area contributed by atoms with Gasteiger partial charge in [0.1, 0.15) is 11.4 Å². The third kappa shape index (κ3) is 5.93. The summed E-state index contributed by atoms with van der Waals surface area (Å²) in [6.07, 6.45) is 6.40. The molecule has 1 aromatic carbocycles. The smallest absolute Gasteiger partial charge is 0.123 e. The van der Waals surface area contributed by atoms with E-state index in [0.717, 1.165) is 67.3 Å². The van der Waals surface area contributed by atoms with Gasteiger partial charge >= 0.3 is 0 Å². The first-order chi connectivity index (χ1) is 15.6. The van der Waals surface area contributed by atoms with Crippen molar-refractivity contribution in [1.82, 2.24) is 9.88 Å². The van der Waals surface area contributed by atoms with E-state index in [1.165, 1.54) is 11.1 Å². The van der Waals surface area contributed by atoms with E-state index in [1.54, 1.807) is 0 Å². The Morgan fingerprint density at radius 1 is 1.06 bits per heavy atom. The molecule has 0 radical (unpaired) electrons. The molecule has 3 heterocycles. The van der Waals surface area contributed by atoms with Crippen molar-refractivity contribution < 1.29 is 9.84 Å². The van der Waals surface area contributed by atoms with Gasteiger partial charge in [-0.05, 0) is 87.3 Å². The lowest BCUT2D eigenvalue weighted by molar-refractivity contribution is -0.0355. The number of pyridine rings is 1. The molecule has 0 atom stereocenters. The van der Waals surface area contributed by atoms with E-state index < -0.39 is 0 Å². The number of thioether (sulfide) groups is 1. The van der Waals surface area contributed by atoms with Crippen molar-refractivity contribution >= 4 is 11.8 Å². The highest BCUT2D eigenvalue weighted by Crippen LogP contribution is 2.41. The standard InChI is InChI=1S/C28H40N2O2S/c1-26(2,3)30-14-12-28(13-15-30)11-10-23-16-22(7-9-25(23)32-28)24-8-6-21(17-29-24)18-33-20-27(4,5)19-31/h6-9,16-17,31H,10-15,18-20H2,1-5H3. The summed E-state index contributed by atoms with van der Waals surface area (Å²) in [5, 5.41) is 9.41. The fourth-order valence-electron chi connectivity index (χ4n) is 4.79. The SMILES string of the molecule is CC(C)(CO)CSCc1ccc(-c2ccc3c(c2)CCC2(CCN(C(C)(C)C)CC2)O3)nc1. The Bertz CT molecular complexity index is 941. The van der Waals surface area contributed by atoms with E-state index >= 15 is 0 Å². The highest BCUT2D eigenvalue weighted by molar-refractivity contribution is 7.98. The number of ether oxygens (including phenoxy) is 1. The molecule has 33 heavy (non-hydrogen) atoms. The van der Waals surface area contributed by atoms with Crippen LogP contribution in [0.1, 0.15) is 65.0 Å². The van der Waals surface area contributed by atoms with E-state index in [-0.39, 0.29) is 23.2 Å². The number of benzene rings is 1. The van der Waals surface area contributed by atoms with Crippen molar-refractivity contribution in [3.05, 3.63) is 47.7 Å². The molecule has 0 bridgehead atoms. The molecule has 1 fully saturated rings. The monoisotopic (exact) mass is 468 g/mol. The molecule has 1 N–H and O–H groups in total. The number of fused-ring (bicyclic) bond motifs is 1. The lowest BCUT2D eigenvalue weighted by Gasteiger charge is -2.48. The minimum absolute atomic E-state index is 0.0123. The summed E-state index contributed by atoms with van der Waals surface area (Å²) >= 11 is 1.85. The molecule has 1 spiro atoms. The second kappa shape index (κ2) is 9.59. The van der Waals surface area contributed by atoms with Crippen LogP contribution < -0.4 is 4.74 Å². The van der Waals surface area contributed by atoms with Gasteiger partial charge in [0.15, 0.2) is 0 Å². The molecule has 1 aromatic heterocycles. The molecule has 4 nitrogen and oxygen atoms in total. The van der Waals surface area contributed by atoms with Gasteiger partial charge in [0, 0.05) is 48.5 Å². The van der Waals surface area contributed by atoms with Crippen molar-refractivity contribution in [2.75, 3.05) is 25.4 Å². The highest BCUT2D eigenvalue weighted by atomic mass is 32.2. The maximum absolute atomic E-state index is 9.41. The molecule has 0 amide bonds. The van der Waals surface area contributed by atoms with Crippen LogP contribution in [-0.4, -0.2) is 51.6 Å². The number of likely N-dealkylation sites (tertiary alicyclic amines) is 1. The predicted molar refractivity (Wildman–Crippen MR) is 139 cm³/mol. The fraction of sp³-hybridized carbons (Fsp3) is 0.607. The number of piperidine rings is 1. The number of aromatic nitrogens is 1. The zero-order valence-corrected chi connectivity index (χ0v) is 21.8. The molecule has 1 saturated heterocycles. The van der Waals surface area contributed by atoms with Gasteiger partial charge in [-0.3, -0.25) is 9.88 Å². The summed E-state index contributed by atoms with van der Waals surface area (Å²) in [6.45, 7) is 13.6. The molecule has 2 aliphatic rings. The molecule has 2 aliphatic heterocycles. The fourth-order valence-corrected chi connectivity index (χ4v) is 5.94. The minimum Gasteiger partial charge on any atom is -0.487 e. The summed E-state index contributed by atoms with van der Waals surface area (Å²) in [5.74, 6) is 2.92. The van der Waals surface area contributed by atoms with Gasteiger partial charge in [0.25, 0.3) is 0 Å². The third-order valence-electron chi connectivity index (χ3n) is 7.17. The zero-order valence-electron chi connectivity index (χ0n) is 21.0. The highest BCUT2D eigenvalue weighted by Gasteiger charge is 2.41. The van der Waals surface area contributed by atoms with Crippen molar-refractivity contribution in [3.63, 3.8) is 0 Å². The molecule has 0 saturated carbocycles. The van der Waals surface area contributed by atoms with Crippen LogP contribution in [-0.2, 0) is 12.2 Å². The molecule has 5 heteroatoms. The average molecular weight is 469 g/mol. The number of aliphatic hydroxyl groups excluding tert-OH is 1. The lowest BCUT2D eigenvalue weighted by Crippen LogP contribution is -2.54. The van der Waals surface area contributed by atoms with Gasteiger partial charge in [-0.15, -0.1) is 0 Å². The summed E-state index contributed by atoms with van der Waals surface area (Å²) in [4.78, 5) is 7.32. The van der Waals surface area contributed by atoms with Crippen LogP contribution in [0.5, 0.6) is 5.75 Å². The molecule has 0 unspecified atom stereocenters. The van der Waals surface area contributed by atoms with Crippen LogP contribution in [0, 0.1) is 5.41 Å². The van der Waals surface area contributed by atoms with Crippen molar-refractivity contribution in [2.45, 2.75) is 77.2 Å². The number of aryl methyl sites for hydroxylation is 1. The van der Waals surface area contributed by atoms with E-state index in [1.807, 2.05) is 18.0 Å². The molecule has 2 aromatic rings. The Hall–Kier alpha value is -1.56. The van der Waals surface area contributed by atoms with Crippen LogP contribution in [0.4, 0.5) is 0 Å². The summed E-state index contributed by atoms with van der Waals surface area (Å²) < 4.78 is 6.64. The van der Waals surface area contributed by atoms with Gasteiger partial charge in [0.2, 0.25) is 0 Å². The number of hydrogen-bond donors (Lipinski definition) is 1. The van der Waals surface area contributed by atoms with Crippen molar-refractivity contribution in [1.29, 1.82) is 0 Å². The Morgan fingerprint density at radius 3 is 2.45 bits per heavy atom. The second-order valence-corrected chi connectivity index (χ2v) is 12.6. The normalized spacial score (nSPS) is 18.7. The maximum atomic E-state index is 9.41. The number of nitrogens with zero attached hydrogens (tertiary/aromatic N) is 2. The van der Waals surface area contributed by atoms with Crippen LogP contribution in [0.2, 0.25) is 0 Å². The maximum Gasteiger partial charge on any atom is 0.123 e. The summed E-state index contributed by atoms with van der Waals surface area (Å²) in [7, 11) is 0. The number of hydrogen-bond acceptors (Lipinski definition) is 5. The summed E-state index contributed by atoms with van der Waals surface area (Å²) in [6, 6.07) is 10.9. The Balaban J connectivity index is 1.38. The first-order valence-corrected chi connectivity index (χ1v) is 13.5. The summed E-state index contributed by atoms with van der Waals surface area (Å²) in [5.41, 5.74) is 4.92. The third-order valence-corrected chi connectivity index (χ3v) is 8.69. The Morgan fingerprint density at radius 2 is 1.82 bits per heavy atom. The van der Waals surface area contributed by atoms with Gasteiger partial charge in [-0.1, -0.05) is 19.9 Å². The lowest BCUT2D eigenvalue weighted by atomic mass is 9.81. The largest absolute Gasteiger partial charge is 0.487 e. The van der Waals surface area contributed by atoms with Crippen LogP contribution in [0.3, 0.4) is 0 Å². The molecular weight excluding hydrogens is 428 g/mol. The van der Waals surface area contributed by atoms with Crippen molar-refractivity contribution in [3.8, 4) is 17.0 Å². The van der Waals surface area contributed by atoms with Crippen LogP contribution >= 0.6 is 11.8 Å². The van der Waals surface area contributed by atoms with E-state index in [9.17, 15) is 5.11 Å².